The van der Waals surface area contributed by atoms with E-state index in [4.69, 9.17) is 4.74 Å². The van der Waals surface area contributed by atoms with Crippen molar-refractivity contribution in [3.05, 3.63) is 42.0 Å². The van der Waals surface area contributed by atoms with Crippen molar-refractivity contribution in [2.75, 3.05) is 23.4 Å². The summed E-state index contributed by atoms with van der Waals surface area (Å²) in [5, 5.41) is 3.73. The van der Waals surface area contributed by atoms with Gasteiger partial charge in [0.25, 0.3) is 0 Å². The van der Waals surface area contributed by atoms with E-state index in [0.717, 1.165) is 35.9 Å². The van der Waals surface area contributed by atoms with Gasteiger partial charge >= 0.3 is 0 Å². The molecule has 1 N–H and O–H groups in total. The Morgan fingerprint density at radius 3 is 2.50 bits per heavy atom. The number of hydrogen-bond acceptors (Lipinski definition) is 7. The molecule has 7 heteroatoms. The average Bonchev–Trinajstić information content (AvgIpc) is 2.72. The molecule has 0 aliphatic rings. The monoisotopic (exact) mass is 448 g/mol. The summed E-state index contributed by atoms with van der Waals surface area (Å²) in [6.45, 7) is 11.3. The smallest absolute Gasteiger partial charge is 0.232 e. The Morgan fingerprint density at radius 1 is 1.07 bits per heavy atom. The van der Waals surface area contributed by atoms with E-state index in [1.54, 1.807) is 12.4 Å². The van der Waals surface area contributed by atoms with Crippen LogP contribution in [0.2, 0.25) is 0 Å². The van der Waals surface area contributed by atoms with E-state index in [9.17, 15) is 0 Å². The van der Waals surface area contributed by atoms with Crippen molar-refractivity contribution in [2.24, 2.45) is 0 Å². The molecule has 0 radical (unpaired) electrons. The van der Waals surface area contributed by atoms with Gasteiger partial charge in [-0.05, 0) is 68.6 Å². The van der Waals surface area contributed by atoms with Crippen LogP contribution in [-0.4, -0.2) is 44.4 Å². The van der Waals surface area contributed by atoms with E-state index >= 15 is 0 Å². The van der Waals surface area contributed by atoms with Crippen molar-refractivity contribution in [1.29, 1.82) is 0 Å². The Bertz CT molecular complexity index is 740. The highest BCUT2D eigenvalue weighted by atomic mass is 32.2. The van der Waals surface area contributed by atoms with Gasteiger partial charge in [0.2, 0.25) is 5.88 Å². The molecule has 166 valence electrons. The molecular weight excluding hydrogens is 412 g/mol. The van der Waals surface area contributed by atoms with Gasteiger partial charge in [0, 0.05) is 23.7 Å². The summed E-state index contributed by atoms with van der Waals surface area (Å²) >= 11 is 6.40. The first-order valence-electron chi connectivity index (χ1n) is 10.8. The minimum atomic E-state index is 0.348. The van der Waals surface area contributed by atoms with Crippen molar-refractivity contribution in [3.8, 4) is 5.88 Å². The summed E-state index contributed by atoms with van der Waals surface area (Å²) in [5.74, 6) is 4.34. The summed E-state index contributed by atoms with van der Waals surface area (Å²) in [5.41, 5.74) is 2.26. The zero-order valence-corrected chi connectivity index (χ0v) is 20.5. The van der Waals surface area contributed by atoms with Crippen LogP contribution in [0.1, 0.15) is 70.6 Å². The van der Waals surface area contributed by atoms with Gasteiger partial charge < -0.3 is 10.1 Å². The molecule has 0 saturated carbocycles. The molecule has 5 nitrogen and oxygen atoms in total. The van der Waals surface area contributed by atoms with Crippen molar-refractivity contribution >= 4 is 30.2 Å². The lowest BCUT2D eigenvalue weighted by molar-refractivity contribution is 0.307. The van der Waals surface area contributed by atoms with Gasteiger partial charge in [0.1, 0.15) is 12.4 Å². The first-order chi connectivity index (χ1) is 14.4. The van der Waals surface area contributed by atoms with E-state index in [-0.39, 0.29) is 0 Å². The zero-order valence-electron chi connectivity index (χ0n) is 18.8. The average molecular weight is 449 g/mol. The van der Waals surface area contributed by atoms with Gasteiger partial charge in [-0.25, -0.2) is 9.97 Å². The fraction of sp³-hybridized carbons (Fsp3) is 0.609. The lowest BCUT2D eigenvalue weighted by atomic mass is 9.95. The van der Waals surface area contributed by atoms with Crippen LogP contribution in [0.5, 0.6) is 5.88 Å². The number of rotatable bonds is 13. The van der Waals surface area contributed by atoms with Gasteiger partial charge in [-0.3, -0.25) is 4.98 Å². The second-order valence-corrected chi connectivity index (χ2v) is 10.2. The van der Waals surface area contributed by atoms with Gasteiger partial charge in [-0.1, -0.05) is 19.9 Å². The minimum Gasteiger partial charge on any atom is -0.475 e. The Hall–Kier alpha value is -1.47. The predicted molar refractivity (Wildman–Crippen MR) is 132 cm³/mol. The minimum absolute atomic E-state index is 0.348. The molecule has 2 aromatic heterocycles. The Kier molecular flexibility index (Phi) is 10.8. The molecule has 2 atom stereocenters. The van der Waals surface area contributed by atoms with E-state index in [1.807, 2.05) is 18.0 Å². The molecule has 0 aliphatic carbocycles. The third-order valence-corrected chi connectivity index (χ3v) is 6.16. The maximum Gasteiger partial charge on any atom is 0.232 e. The number of nitrogens with one attached hydrogen (secondary N) is 1. The van der Waals surface area contributed by atoms with Crippen LogP contribution in [0.3, 0.4) is 0 Å². The molecule has 2 aromatic rings. The molecule has 2 rings (SSSR count). The Labute approximate surface area is 191 Å². The number of hydrogen-bond donors (Lipinski definition) is 2. The first kappa shape index (κ1) is 24.8. The van der Waals surface area contributed by atoms with Crippen LogP contribution < -0.4 is 10.1 Å². The number of ether oxygens (including phenoxy) is 1. The fourth-order valence-corrected chi connectivity index (χ4v) is 4.33. The first-order valence-corrected chi connectivity index (χ1v) is 12.5. The molecule has 0 amide bonds. The number of aromatic nitrogens is 3. The topological polar surface area (TPSA) is 59.9 Å². The van der Waals surface area contributed by atoms with Crippen LogP contribution >= 0.6 is 24.4 Å². The Morgan fingerprint density at radius 2 is 1.87 bits per heavy atom. The van der Waals surface area contributed by atoms with Gasteiger partial charge in [0.15, 0.2) is 0 Å². The molecule has 0 bridgehead atoms. The number of nitrogens with zero attached hydrogens (tertiary/aromatic N) is 3. The van der Waals surface area contributed by atoms with Crippen LogP contribution in [-0.2, 0) is 0 Å². The van der Waals surface area contributed by atoms with E-state index < -0.39 is 0 Å². The molecule has 30 heavy (non-hydrogen) atoms. The van der Waals surface area contributed by atoms with Crippen LogP contribution in [0, 0.1) is 0 Å². The molecule has 2 heterocycles. The summed E-state index contributed by atoms with van der Waals surface area (Å²) in [6.07, 6.45) is 7.67. The molecule has 0 fully saturated rings. The standard InChI is InChI=1S/C23H36N4OS2/c1-16(2)21-13-24-14-23(27-21)28-15-18(5)30-11-9-19(8-10-29)20-6-7-22(25-12-20)26-17(3)4/h6-7,12-14,16-19,29H,8-11,15H2,1-5H3,(H,25,26). The predicted octanol–water partition coefficient (Wildman–Crippen LogP) is 5.81. The molecule has 2 unspecified atom stereocenters. The van der Waals surface area contributed by atoms with Crippen molar-refractivity contribution < 1.29 is 4.74 Å². The van der Waals surface area contributed by atoms with Crippen LogP contribution in [0.25, 0.3) is 0 Å². The largest absolute Gasteiger partial charge is 0.475 e. The number of anilines is 1. The third-order valence-electron chi connectivity index (χ3n) is 4.73. The second kappa shape index (κ2) is 13.1. The molecule has 0 aliphatic heterocycles. The molecule has 0 aromatic carbocycles. The Balaban J connectivity index is 1.80. The summed E-state index contributed by atoms with van der Waals surface area (Å²) in [6, 6.07) is 4.66. The lowest BCUT2D eigenvalue weighted by Gasteiger charge is -2.18. The maximum atomic E-state index is 5.87. The number of thiol groups is 1. The van der Waals surface area contributed by atoms with Crippen molar-refractivity contribution in [1.82, 2.24) is 15.0 Å². The SMILES string of the molecule is CC(C)Nc1ccc(C(CCS)CCSC(C)COc2cncc(C(C)C)n2)cn1. The van der Waals surface area contributed by atoms with Crippen molar-refractivity contribution in [3.63, 3.8) is 0 Å². The highest BCUT2D eigenvalue weighted by Gasteiger charge is 2.14. The highest BCUT2D eigenvalue weighted by Crippen LogP contribution is 2.27. The fourth-order valence-electron chi connectivity index (χ4n) is 3.03. The van der Waals surface area contributed by atoms with E-state index in [2.05, 4.69) is 79.6 Å². The second-order valence-electron chi connectivity index (χ2n) is 8.20. The summed E-state index contributed by atoms with van der Waals surface area (Å²) < 4.78 is 5.87. The third kappa shape index (κ3) is 8.72. The van der Waals surface area contributed by atoms with Crippen LogP contribution in [0.15, 0.2) is 30.7 Å². The normalized spacial score (nSPS) is 13.5. The molecule has 0 saturated heterocycles. The van der Waals surface area contributed by atoms with E-state index in [1.165, 1.54) is 5.56 Å². The molecular formula is C23H36N4OS2. The summed E-state index contributed by atoms with van der Waals surface area (Å²) in [4.78, 5) is 13.3. The van der Waals surface area contributed by atoms with Crippen molar-refractivity contribution in [2.45, 2.75) is 70.6 Å². The maximum absolute atomic E-state index is 5.87. The lowest BCUT2D eigenvalue weighted by Crippen LogP contribution is -2.13. The highest BCUT2D eigenvalue weighted by molar-refractivity contribution is 7.99. The van der Waals surface area contributed by atoms with Gasteiger partial charge in [-0.15, -0.1) is 0 Å². The quantitative estimate of drug-likeness (QED) is 0.377. The number of thioether (sulfide) groups is 1. The number of pyridine rings is 1. The van der Waals surface area contributed by atoms with Gasteiger partial charge in [-0.2, -0.15) is 24.4 Å². The van der Waals surface area contributed by atoms with Gasteiger partial charge in [0.05, 0.1) is 11.9 Å². The zero-order chi connectivity index (χ0) is 21.9. The molecule has 0 spiro atoms. The van der Waals surface area contributed by atoms with Crippen LogP contribution in [0.4, 0.5) is 5.82 Å². The van der Waals surface area contributed by atoms with E-state index in [0.29, 0.717) is 35.6 Å². The summed E-state index contributed by atoms with van der Waals surface area (Å²) in [7, 11) is 0.